The maximum atomic E-state index is 11.7. The minimum absolute atomic E-state index is 0.275. The van der Waals surface area contributed by atoms with E-state index < -0.39 is 11.8 Å². The van der Waals surface area contributed by atoms with Gasteiger partial charge in [0.1, 0.15) is 11.5 Å². The first kappa shape index (κ1) is 18.5. The van der Waals surface area contributed by atoms with E-state index in [2.05, 4.69) is 10.9 Å². The van der Waals surface area contributed by atoms with Crippen LogP contribution in [-0.4, -0.2) is 25.5 Å². The predicted molar refractivity (Wildman–Crippen MR) is 95.0 cm³/mol. The van der Waals surface area contributed by atoms with Crippen molar-refractivity contribution in [2.75, 3.05) is 13.7 Å². The molecule has 0 saturated heterocycles. The molecule has 26 heavy (non-hydrogen) atoms. The minimum Gasteiger partial charge on any atom is -0.496 e. The highest BCUT2D eigenvalue weighted by atomic mass is 16.5. The second kappa shape index (κ2) is 9.49. The summed E-state index contributed by atoms with van der Waals surface area (Å²) in [7, 11) is 1.54. The summed E-state index contributed by atoms with van der Waals surface area (Å²) in [6.07, 6.45) is 2.85. The van der Waals surface area contributed by atoms with Gasteiger partial charge in [-0.2, -0.15) is 5.26 Å². The third kappa shape index (κ3) is 5.69. The molecule has 0 unspecified atom stereocenters. The molecule has 2 amide bonds. The Morgan fingerprint density at radius 1 is 1.12 bits per heavy atom. The SMILES string of the molecule is COc1ccccc1/C=C/C(=O)NNC(=O)COc1ccc(C#N)cc1. The summed E-state index contributed by atoms with van der Waals surface area (Å²) in [4.78, 5) is 23.4. The van der Waals surface area contributed by atoms with Crippen molar-refractivity contribution < 1.29 is 19.1 Å². The first-order chi connectivity index (χ1) is 12.6. The van der Waals surface area contributed by atoms with Crippen LogP contribution in [0.2, 0.25) is 0 Å². The van der Waals surface area contributed by atoms with Crippen LogP contribution in [0.1, 0.15) is 11.1 Å². The Balaban J connectivity index is 1.76. The fourth-order valence-electron chi connectivity index (χ4n) is 1.95. The first-order valence-electron chi connectivity index (χ1n) is 7.65. The standard InChI is InChI=1S/C19H17N3O4/c1-25-17-5-3-2-4-15(17)8-11-18(23)21-22-19(24)13-26-16-9-6-14(12-20)7-10-16/h2-11H,13H2,1H3,(H,21,23)(H,22,24)/b11-8+. The van der Waals surface area contributed by atoms with E-state index in [4.69, 9.17) is 14.7 Å². The van der Waals surface area contributed by atoms with E-state index in [-0.39, 0.29) is 6.61 Å². The Kier molecular flexibility index (Phi) is 6.77. The van der Waals surface area contributed by atoms with Crippen molar-refractivity contribution >= 4 is 17.9 Å². The highest BCUT2D eigenvalue weighted by molar-refractivity contribution is 5.93. The summed E-state index contributed by atoms with van der Waals surface area (Å²) >= 11 is 0. The Hall–Kier alpha value is -3.79. The summed E-state index contributed by atoms with van der Waals surface area (Å²) in [5.41, 5.74) is 5.73. The third-order valence-electron chi connectivity index (χ3n) is 3.23. The molecule has 0 aliphatic rings. The molecule has 2 rings (SSSR count). The van der Waals surface area contributed by atoms with E-state index in [0.29, 0.717) is 17.1 Å². The van der Waals surface area contributed by atoms with Crippen molar-refractivity contribution in [1.82, 2.24) is 10.9 Å². The molecule has 0 heterocycles. The molecule has 7 nitrogen and oxygen atoms in total. The highest BCUT2D eigenvalue weighted by Gasteiger charge is 2.04. The Labute approximate surface area is 150 Å². The Bertz CT molecular complexity index is 839. The molecule has 0 aliphatic heterocycles. The van der Waals surface area contributed by atoms with Gasteiger partial charge in [-0.1, -0.05) is 18.2 Å². The lowest BCUT2D eigenvalue weighted by Crippen LogP contribution is -2.43. The van der Waals surface area contributed by atoms with Crippen LogP contribution < -0.4 is 20.3 Å². The molecule has 0 atom stereocenters. The number of para-hydroxylation sites is 1. The summed E-state index contributed by atoms with van der Waals surface area (Å²) in [6.45, 7) is -0.275. The van der Waals surface area contributed by atoms with Crippen molar-refractivity contribution in [2.24, 2.45) is 0 Å². The Morgan fingerprint density at radius 3 is 2.54 bits per heavy atom. The van der Waals surface area contributed by atoms with Crippen molar-refractivity contribution in [3.05, 3.63) is 65.7 Å². The molecule has 2 aromatic carbocycles. The largest absolute Gasteiger partial charge is 0.496 e. The molecule has 0 saturated carbocycles. The van der Waals surface area contributed by atoms with Gasteiger partial charge in [0, 0.05) is 11.6 Å². The Morgan fingerprint density at radius 2 is 1.85 bits per heavy atom. The van der Waals surface area contributed by atoms with Gasteiger partial charge in [0.2, 0.25) is 0 Å². The summed E-state index contributed by atoms with van der Waals surface area (Å²) < 4.78 is 10.4. The van der Waals surface area contributed by atoms with Crippen molar-refractivity contribution in [2.45, 2.75) is 0 Å². The quantitative estimate of drug-likeness (QED) is 0.611. The number of nitriles is 1. The number of benzene rings is 2. The maximum absolute atomic E-state index is 11.7. The van der Waals surface area contributed by atoms with Crippen LogP contribution in [0.4, 0.5) is 0 Å². The number of nitrogens with zero attached hydrogens (tertiary/aromatic N) is 1. The van der Waals surface area contributed by atoms with Crippen LogP contribution in [0, 0.1) is 11.3 Å². The van der Waals surface area contributed by atoms with Crippen LogP contribution in [0.3, 0.4) is 0 Å². The smallest absolute Gasteiger partial charge is 0.276 e. The number of carbonyl (C=O) groups excluding carboxylic acids is 2. The van der Waals surface area contributed by atoms with Gasteiger partial charge in [0.15, 0.2) is 6.61 Å². The van der Waals surface area contributed by atoms with Crippen LogP contribution in [0.25, 0.3) is 6.08 Å². The topological polar surface area (TPSA) is 100 Å². The molecular formula is C19H17N3O4. The predicted octanol–water partition coefficient (Wildman–Crippen LogP) is 1.81. The number of hydrazine groups is 1. The van der Waals surface area contributed by atoms with E-state index >= 15 is 0 Å². The van der Waals surface area contributed by atoms with E-state index in [0.717, 1.165) is 5.56 Å². The highest BCUT2D eigenvalue weighted by Crippen LogP contribution is 2.18. The van der Waals surface area contributed by atoms with E-state index in [9.17, 15) is 9.59 Å². The minimum atomic E-state index is -0.520. The number of nitrogens with one attached hydrogen (secondary N) is 2. The van der Waals surface area contributed by atoms with Crippen molar-refractivity contribution in [3.63, 3.8) is 0 Å². The monoisotopic (exact) mass is 351 g/mol. The van der Waals surface area contributed by atoms with Gasteiger partial charge in [-0.05, 0) is 36.4 Å². The molecule has 0 bridgehead atoms. The zero-order valence-electron chi connectivity index (χ0n) is 14.1. The molecule has 0 aromatic heterocycles. The van der Waals surface area contributed by atoms with Gasteiger partial charge in [-0.15, -0.1) is 0 Å². The van der Waals surface area contributed by atoms with E-state index in [1.165, 1.54) is 6.08 Å². The van der Waals surface area contributed by atoms with Gasteiger partial charge in [-0.3, -0.25) is 20.4 Å². The average molecular weight is 351 g/mol. The fraction of sp³-hybridized carbons (Fsp3) is 0.105. The van der Waals surface area contributed by atoms with E-state index in [1.807, 2.05) is 18.2 Å². The van der Waals surface area contributed by atoms with Gasteiger partial charge in [0.25, 0.3) is 11.8 Å². The lowest BCUT2D eigenvalue weighted by molar-refractivity contribution is -0.128. The summed E-state index contributed by atoms with van der Waals surface area (Å²) in [6, 6.07) is 15.5. The molecule has 7 heteroatoms. The molecule has 0 fully saturated rings. The normalized spacial score (nSPS) is 10.0. The second-order valence-corrected chi connectivity index (χ2v) is 5.04. The number of ether oxygens (including phenoxy) is 2. The summed E-state index contributed by atoms with van der Waals surface area (Å²) in [5.74, 6) is 0.0639. The zero-order chi connectivity index (χ0) is 18.8. The number of rotatable bonds is 6. The van der Waals surface area contributed by atoms with Gasteiger partial charge < -0.3 is 9.47 Å². The van der Waals surface area contributed by atoms with Crippen molar-refractivity contribution in [1.29, 1.82) is 5.26 Å². The van der Waals surface area contributed by atoms with Crippen LogP contribution in [0.5, 0.6) is 11.5 Å². The van der Waals surface area contributed by atoms with E-state index in [1.54, 1.807) is 49.6 Å². The molecule has 0 radical (unpaired) electrons. The first-order valence-corrected chi connectivity index (χ1v) is 7.65. The molecule has 2 aromatic rings. The molecule has 132 valence electrons. The van der Waals surface area contributed by atoms with Gasteiger partial charge in [0.05, 0.1) is 18.7 Å². The molecule has 2 N–H and O–H groups in total. The second-order valence-electron chi connectivity index (χ2n) is 5.04. The zero-order valence-corrected chi connectivity index (χ0v) is 14.1. The van der Waals surface area contributed by atoms with Crippen LogP contribution >= 0.6 is 0 Å². The molecular weight excluding hydrogens is 334 g/mol. The molecule has 0 aliphatic carbocycles. The lowest BCUT2D eigenvalue weighted by Gasteiger charge is -2.07. The number of hydrogen-bond acceptors (Lipinski definition) is 5. The number of methoxy groups -OCH3 is 1. The van der Waals surface area contributed by atoms with Crippen molar-refractivity contribution in [3.8, 4) is 17.6 Å². The summed E-state index contributed by atoms with van der Waals surface area (Å²) in [5, 5.41) is 8.71. The third-order valence-corrected chi connectivity index (χ3v) is 3.23. The number of carbonyl (C=O) groups is 2. The number of amides is 2. The average Bonchev–Trinajstić information content (AvgIpc) is 2.69. The lowest BCUT2D eigenvalue weighted by atomic mass is 10.2. The fourth-order valence-corrected chi connectivity index (χ4v) is 1.95. The van der Waals surface area contributed by atoms with Gasteiger partial charge in [-0.25, -0.2) is 0 Å². The van der Waals surface area contributed by atoms with Crippen LogP contribution in [-0.2, 0) is 9.59 Å². The van der Waals surface area contributed by atoms with Crippen LogP contribution in [0.15, 0.2) is 54.6 Å². The maximum Gasteiger partial charge on any atom is 0.276 e. The van der Waals surface area contributed by atoms with Gasteiger partial charge >= 0.3 is 0 Å². The number of hydrogen-bond donors (Lipinski definition) is 2. The molecule has 0 spiro atoms.